The zero-order chi connectivity index (χ0) is 15.6. The molecule has 1 aliphatic heterocycles. The zero-order valence-corrected chi connectivity index (χ0v) is 12.7. The minimum atomic E-state index is -0.00463. The quantitative estimate of drug-likeness (QED) is 0.784. The summed E-state index contributed by atoms with van der Waals surface area (Å²) in [4.78, 5) is 21.1. The van der Waals surface area contributed by atoms with E-state index in [1.807, 2.05) is 24.5 Å². The van der Waals surface area contributed by atoms with Gasteiger partial charge in [-0.1, -0.05) is 0 Å². The van der Waals surface area contributed by atoms with Gasteiger partial charge in [0.2, 0.25) is 0 Å². The summed E-state index contributed by atoms with van der Waals surface area (Å²) in [5.74, 6) is 0. The van der Waals surface area contributed by atoms with Crippen LogP contribution in [0, 0.1) is 11.3 Å². The minimum absolute atomic E-state index is 0.00463. The third-order valence-corrected chi connectivity index (χ3v) is 4.67. The molecule has 6 nitrogen and oxygen atoms in total. The Labute approximate surface area is 136 Å². The second-order valence-electron chi connectivity index (χ2n) is 4.87. The van der Waals surface area contributed by atoms with Gasteiger partial charge in [0.25, 0.3) is 0 Å². The molecule has 0 aliphatic carbocycles. The van der Waals surface area contributed by atoms with Gasteiger partial charge in [-0.25, -0.2) is 15.0 Å². The molecule has 0 aromatic carbocycles. The lowest BCUT2D eigenvalue weighted by Gasteiger charge is -2.17. The summed E-state index contributed by atoms with van der Waals surface area (Å²) >= 11 is 1.65. The number of nitrogens with one attached hydrogen (secondary N) is 1. The number of hydrogen-bond acceptors (Lipinski definition) is 6. The smallest absolute Gasteiger partial charge is 0.141 e. The second kappa shape index (κ2) is 5.66. The van der Waals surface area contributed by atoms with Crippen molar-refractivity contribution in [2.24, 2.45) is 4.99 Å². The van der Waals surface area contributed by atoms with E-state index >= 15 is 0 Å². The SMILES string of the molecule is N#Cc1cc(C2=CN=CC(c3ncnc4[nH]ccc34)S2)ccn1. The lowest BCUT2D eigenvalue weighted by Crippen LogP contribution is -2.03. The summed E-state index contributed by atoms with van der Waals surface area (Å²) in [6, 6.07) is 7.67. The first-order valence-electron chi connectivity index (χ1n) is 6.90. The normalized spacial score (nSPS) is 17.0. The molecule has 0 fully saturated rings. The van der Waals surface area contributed by atoms with E-state index in [-0.39, 0.29) is 5.25 Å². The fraction of sp³-hybridized carbons (Fsp3) is 0.0625. The molecular formula is C16H10N6S. The van der Waals surface area contributed by atoms with Crippen molar-refractivity contribution >= 4 is 33.9 Å². The highest BCUT2D eigenvalue weighted by molar-refractivity contribution is 8.09. The molecule has 0 amide bonds. The Bertz CT molecular complexity index is 981. The molecule has 4 rings (SSSR count). The highest BCUT2D eigenvalue weighted by Crippen LogP contribution is 2.42. The molecule has 4 heterocycles. The van der Waals surface area contributed by atoms with Crippen LogP contribution in [0.2, 0.25) is 0 Å². The van der Waals surface area contributed by atoms with Gasteiger partial charge in [0, 0.05) is 35.1 Å². The van der Waals surface area contributed by atoms with Gasteiger partial charge < -0.3 is 4.98 Å². The van der Waals surface area contributed by atoms with E-state index in [0.717, 1.165) is 27.2 Å². The molecule has 3 aromatic rings. The molecule has 1 aliphatic rings. The van der Waals surface area contributed by atoms with Crippen molar-refractivity contribution in [3.05, 3.63) is 60.1 Å². The van der Waals surface area contributed by atoms with E-state index in [2.05, 4.69) is 31.0 Å². The Hall–Kier alpha value is -2.98. The molecule has 1 N–H and O–H groups in total. The van der Waals surface area contributed by atoms with Crippen LogP contribution in [0.25, 0.3) is 15.9 Å². The molecule has 110 valence electrons. The number of fused-ring (bicyclic) bond motifs is 1. The number of aromatic amines is 1. The van der Waals surface area contributed by atoms with Crippen LogP contribution in [0.5, 0.6) is 0 Å². The number of nitriles is 1. The number of nitrogens with zero attached hydrogens (tertiary/aromatic N) is 5. The van der Waals surface area contributed by atoms with Gasteiger partial charge in [0.05, 0.1) is 10.9 Å². The molecule has 7 heteroatoms. The Morgan fingerprint density at radius 1 is 1.22 bits per heavy atom. The van der Waals surface area contributed by atoms with E-state index in [4.69, 9.17) is 5.26 Å². The Balaban J connectivity index is 1.70. The molecule has 0 bridgehead atoms. The number of aromatic nitrogens is 4. The highest BCUT2D eigenvalue weighted by atomic mass is 32.2. The van der Waals surface area contributed by atoms with Crippen molar-refractivity contribution in [2.45, 2.75) is 5.25 Å². The predicted molar refractivity (Wildman–Crippen MR) is 89.6 cm³/mol. The number of aliphatic imine (C=N–C) groups is 1. The van der Waals surface area contributed by atoms with Crippen molar-refractivity contribution in [3.8, 4) is 6.07 Å². The van der Waals surface area contributed by atoms with Crippen LogP contribution in [-0.4, -0.2) is 26.2 Å². The van der Waals surface area contributed by atoms with E-state index in [0.29, 0.717) is 5.69 Å². The number of hydrogen-bond donors (Lipinski definition) is 1. The van der Waals surface area contributed by atoms with Crippen LogP contribution in [-0.2, 0) is 0 Å². The first-order chi connectivity index (χ1) is 11.3. The molecule has 1 atom stereocenters. The summed E-state index contributed by atoms with van der Waals surface area (Å²) in [7, 11) is 0. The number of H-pyrrole nitrogens is 1. The molecule has 0 saturated heterocycles. The minimum Gasteiger partial charge on any atom is -0.346 e. The zero-order valence-electron chi connectivity index (χ0n) is 11.8. The largest absolute Gasteiger partial charge is 0.346 e. The van der Waals surface area contributed by atoms with Crippen molar-refractivity contribution in [1.82, 2.24) is 19.9 Å². The summed E-state index contributed by atoms with van der Waals surface area (Å²) in [6.45, 7) is 0. The lowest BCUT2D eigenvalue weighted by atomic mass is 10.2. The number of thioether (sulfide) groups is 1. The van der Waals surface area contributed by atoms with Crippen LogP contribution in [0.1, 0.15) is 22.2 Å². The van der Waals surface area contributed by atoms with Gasteiger partial charge in [-0.2, -0.15) is 5.26 Å². The molecule has 0 saturated carbocycles. The van der Waals surface area contributed by atoms with Crippen LogP contribution >= 0.6 is 11.8 Å². The van der Waals surface area contributed by atoms with Crippen molar-refractivity contribution < 1.29 is 0 Å². The Kier molecular flexibility index (Phi) is 3.37. The predicted octanol–water partition coefficient (Wildman–Crippen LogP) is 3.08. The Morgan fingerprint density at radius 3 is 3.09 bits per heavy atom. The number of pyridine rings is 1. The van der Waals surface area contributed by atoms with E-state index in [1.165, 1.54) is 0 Å². The fourth-order valence-corrected chi connectivity index (χ4v) is 3.51. The first-order valence-corrected chi connectivity index (χ1v) is 7.78. The van der Waals surface area contributed by atoms with Crippen molar-refractivity contribution in [1.29, 1.82) is 5.26 Å². The maximum absolute atomic E-state index is 9.00. The molecule has 0 radical (unpaired) electrons. The first kappa shape index (κ1) is 13.7. The highest BCUT2D eigenvalue weighted by Gasteiger charge is 2.21. The van der Waals surface area contributed by atoms with E-state index < -0.39 is 0 Å². The van der Waals surface area contributed by atoms with Crippen LogP contribution in [0.4, 0.5) is 0 Å². The standard InChI is InChI=1S/C16H10N6S/c17-6-11-5-10(1-3-19-11)13-7-18-8-14(23-13)15-12-2-4-20-16(12)22-9-21-15/h1-5,7-9,14H,(H,20,21,22). The summed E-state index contributed by atoms with van der Waals surface area (Å²) < 4.78 is 0. The maximum atomic E-state index is 9.00. The van der Waals surface area contributed by atoms with E-state index in [1.54, 1.807) is 36.6 Å². The van der Waals surface area contributed by atoms with Crippen molar-refractivity contribution in [3.63, 3.8) is 0 Å². The lowest BCUT2D eigenvalue weighted by molar-refractivity contribution is 1.10. The third-order valence-electron chi connectivity index (χ3n) is 3.48. The topological polar surface area (TPSA) is 90.6 Å². The van der Waals surface area contributed by atoms with Crippen LogP contribution in [0.3, 0.4) is 0 Å². The average molecular weight is 318 g/mol. The molecule has 23 heavy (non-hydrogen) atoms. The molecule has 3 aromatic heterocycles. The summed E-state index contributed by atoms with van der Waals surface area (Å²) in [5.41, 5.74) is 3.06. The van der Waals surface area contributed by atoms with Gasteiger partial charge in [0.15, 0.2) is 0 Å². The van der Waals surface area contributed by atoms with E-state index in [9.17, 15) is 0 Å². The second-order valence-corrected chi connectivity index (χ2v) is 6.05. The monoisotopic (exact) mass is 318 g/mol. The third kappa shape index (κ3) is 2.49. The van der Waals surface area contributed by atoms with Crippen LogP contribution in [0.15, 0.2) is 48.1 Å². The van der Waals surface area contributed by atoms with Gasteiger partial charge in [-0.15, -0.1) is 11.8 Å². The summed E-state index contributed by atoms with van der Waals surface area (Å²) in [6.07, 6.45) is 8.72. The number of rotatable bonds is 2. The molecule has 0 spiro atoms. The van der Waals surface area contributed by atoms with Gasteiger partial charge in [-0.3, -0.25) is 4.99 Å². The average Bonchev–Trinajstić information content (AvgIpc) is 3.10. The van der Waals surface area contributed by atoms with Gasteiger partial charge in [-0.05, 0) is 23.8 Å². The van der Waals surface area contributed by atoms with Crippen molar-refractivity contribution in [2.75, 3.05) is 0 Å². The Morgan fingerprint density at radius 2 is 2.17 bits per heavy atom. The summed E-state index contributed by atoms with van der Waals surface area (Å²) in [5, 5.41) is 9.98. The van der Waals surface area contributed by atoms with Gasteiger partial charge >= 0.3 is 0 Å². The maximum Gasteiger partial charge on any atom is 0.141 e. The van der Waals surface area contributed by atoms with Crippen LogP contribution < -0.4 is 0 Å². The van der Waals surface area contributed by atoms with Gasteiger partial charge in [0.1, 0.15) is 23.7 Å². The molecular weight excluding hydrogens is 308 g/mol. The molecule has 1 unspecified atom stereocenters. The fourth-order valence-electron chi connectivity index (χ4n) is 2.42.